The van der Waals surface area contributed by atoms with E-state index < -0.39 is 0 Å². The molecular weight excluding hydrogens is 458 g/mol. The van der Waals surface area contributed by atoms with Crippen molar-refractivity contribution in [3.05, 3.63) is 114 Å². The first kappa shape index (κ1) is 19.0. The van der Waals surface area contributed by atoms with Gasteiger partial charge in [0.15, 0.2) is 0 Å². The molecule has 3 heterocycles. The molecule has 0 radical (unpaired) electrons. The highest BCUT2D eigenvalue weighted by molar-refractivity contribution is 9.10. The highest BCUT2D eigenvalue weighted by Crippen LogP contribution is 2.35. The maximum atomic E-state index is 5.02. The van der Waals surface area contributed by atoms with Gasteiger partial charge in [-0.2, -0.15) is 0 Å². The Balaban J connectivity index is 1.70. The lowest BCUT2D eigenvalue weighted by molar-refractivity contribution is 1.12. The van der Waals surface area contributed by atoms with Crippen molar-refractivity contribution in [3.63, 3.8) is 0 Å². The lowest BCUT2D eigenvalue weighted by Crippen LogP contribution is -1.99. The van der Waals surface area contributed by atoms with Crippen molar-refractivity contribution in [1.29, 1.82) is 0 Å². The first-order valence-electron chi connectivity index (χ1n) is 10.5. The summed E-state index contributed by atoms with van der Waals surface area (Å²) in [5.74, 6) is 0. The number of benzene rings is 3. The van der Waals surface area contributed by atoms with Crippen LogP contribution in [0.4, 0.5) is 0 Å². The van der Waals surface area contributed by atoms with Crippen molar-refractivity contribution >= 4 is 37.9 Å². The van der Waals surface area contributed by atoms with E-state index in [0.29, 0.717) is 0 Å². The maximum absolute atomic E-state index is 5.02. The van der Waals surface area contributed by atoms with Crippen molar-refractivity contribution in [2.75, 3.05) is 0 Å². The minimum Gasteiger partial charge on any atom is -0.294 e. The predicted molar refractivity (Wildman–Crippen MR) is 135 cm³/mol. The van der Waals surface area contributed by atoms with Crippen molar-refractivity contribution in [3.8, 4) is 28.2 Å². The van der Waals surface area contributed by atoms with Crippen LogP contribution in [0.15, 0.2) is 114 Å². The number of hydrogen-bond acceptors (Lipinski definition) is 2. The summed E-state index contributed by atoms with van der Waals surface area (Å²) in [5.41, 5.74) is 7.13. The Morgan fingerprint density at radius 3 is 1.94 bits per heavy atom. The average Bonchev–Trinajstić information content (AvgIpc) is 3.18. The molecule has 0 atom stereocenters. The van der Waals surface area contributed by atoms with E-state index in [-0.39, 0.29) is 0 Å². The van der Waals surface area contributed by atoms with Crippen LogP contribution < -0.4 is 0 Å². The fourth-order valence-electron chi connectivity index (χ4n) is 4.24. The average molecular weight is 476 g/mol. The van der Waals surface area contributed by atoms with Crippen LogP contribution in [0.3, 0.4) is 0 Å². The molecule has 0 saturated carbocycles. The van der Waals surface area contributed by atoms with E-state index in [9.17, 15) is 0 Å². The van der Waals surface area contributed by atoms with Gasteiger partial charge in [-0.3, -0.25) is 4.57 Å². The van der Waals surface area contributed by atoms with Gasteiger partial charge < -0.3 is 0 Å². The number of rotatable bonds is 3. The van der Waals surface area contributed by atoms with Crippen molar-refractivity contribution in [1.82, 2.24) is 14.5 Å². The molecule has 4 heteroatoms. The van der Waals surface area contributed by atoms with Gasteiger partial charge in [-0.15, -0.1) is 0 Å². The van der Waals surface area contributed by atoms with E-state index in [2.05, 4.69) is 81.2 Å². The van der Waals surface area contributed by atoms with Gasteiger partial charge in [0.1, 0.15) is 5.65 Å². The molecule has 3 nitrogen and oxygen atoms in total. The Bertz CT molecular complexity index is 1510. The number of pyridine rings is 2. The zero-order valence-electron chi connectivity index (χ0n) is 17.1. The molecule has 3 aromatic heterocycles. The second-order valence-corrected chi connectivity index (χ2v) is 8.62. The van der Waals surface area contributed by atoms with Crippen LogP contribution in [-0.4, -0.2) is 14.5 Å². The summed E-state index contributed by atoms with van der Waals surface area (Å²) in [6.07, 6.45) is 1.85. The standard InChI is InChI=1S/C28H18BrN3/c29-21-13-14-27-24(16-21)23-12-7-15-30-28(23)32(27)22-17-25(19-8-3-1-4-9-19)31-26(18-22)20-10-5-2-6-11-20/h1-18H. The molecule has 0 spiro atoms. The first-order valence-corrected chi connectivity index (χ1v) is 11.3. The fraction of sp³-hybridized carbons (Fsp3) is 0. The number of fused-ring (bicyclic) bond motifs is 3. The van der Waals surface area contributed by atoms with Gasteiger partial charge in [0, 0.05) is 32.6 Å². The van der Waals surface area contributed by atoms with Crippen molar-refractivity contribution < 1.29 is 0 Å². The van der Waals surface area contributed by atoms with E-state index >= 15 is 0 Å². The van der Waals surface area contributed by atoms with E-state index in [1.165, 1.54) is 5.39 Å². The quantitative estimate of drug-likeness (QED) is 0.262. The number of hydrogen-bond donors (Lipinski definition) is 0. The second kappa shape index (κ2) is 7.74. The molecule has 0 amide bonds. The van der Waals surface area contributed by atoms with Crippen LogP contribution in [-0.2, 0) is 0 Å². The molecule has 0 N–H and O–H groups in total. The van der Waals surface area contributed by atoms with Gasteiger partial charge in [-0.1, -0.05) is 76.6 Å². The Morgan fingerprint density at radius 1 is 0.625 bits per heavy atom. The number of halogens is 1. The maximum Gasteiger partial charge on any atom is 0.145 e. The Morgan fingerprint density at radius 2 is 1.28 bits per heavy atom. The van der Waals surface area contributed by atoms with Crippen LogP contribution in [0.2, 0.25) is 0 Å². The van der Waals surface area contributed by atoms with E-state index in [0.717, 1.165) is 49.2 Å². The van der Waals surface area contributed by atoms with Gasteiger partial charge >= 0.3 is 0 Å². The van der Waals surface area contributed by atoms with Crippen LogP contribution in [0.5, 0.6) is 0 Å². The van der Waals surface area contributed by atoms with Crippen LogP contribution >= 0.6 is 15.9 Å². The zero-order chi connectivity index (χ0) is 21.5. The third-order valence-electron chi connectivity index (χ3n) is 5.70. The second-order valence-electron chi connectivity index (χ2n) is 7.70. The molecule has 0 bridgehead atoms. The number of nitrogens with zero attached hydrogens (tertiary/aromatic N) is 3. The van der Waals surface area contributed by atoms with E-state index in [4.69, 9.17) is 9.97 Å². The van der Waals surface area contributed by atoms with Crippen LogP contribution in [0, 0.1) is 0 Å². The SMILES string of the molecule is Brc1ccc2c(c1)c1cccnc1n2-c1cc(-c2ccccc2)nc(-c2ccccc2)c1. The summed E-state index contributed by atoms with van der Waals surface area (Å²) in [4.78, 5) is 9.77. The summed E-state index contributed by atoms with van der Waals surface area (Å²) < 4.78 is 3.29. The molecule has 6 aromatic rings. The topological polar surface area (TPSA) is 30.7 Å². The molecule has 3 aromatic carbocycles. The van der Waals surface area contributed by atoms with Crippen molar-refractivity contribution in [2.45, 2.75) is 0 Å². The molecule has 152 valence electrons. The molecule has 32 heavy (non-hydrogen) atoms. The lowest BCUT2D eigenvalue weighted by Gasteiger charge is -2.12. The zero-order valence-corrected chi connectivity index (χ0v) is 18.7. The largest absolute Gasteiger partial charge is 0.294 e. The van der Waals surface area contributed by atoms with E-state index in [1.807, 2.05) is 48.7 Å². The van der Waals surface area contributed by atoms with Crippen molar-refractivity contribution in [2.24, 2.45) is 0 Å². The molecule has 0 saturated heterocycles. The van der Waals surface area contributed by atoms with Gasteiger partial charge in [-0.05, 0) is 42.5 Å². The molecule has 6 rings (SSSR count). The van der Waals surface area contributed by atoms with Gasteiger partial charge in [-0.25, -0.2) is 9.97 Å². The third-order valence-corrected chi connectivity index (χ3v) is 6.19. The van der Waals surface area contributed by atoms with Crippen LogP contribution in [0.1, 0.15) is 0 Å². The van der Waals surface area contributed by atoms with Gasteiger partial charge in [0.25, 0.3) is 0 Å². The highest BCUT2D eigenvalue weighted by Gasteiger charge is 2.16. The molecule has 0 aliphatic carbocycles. The summed E-state index contributed by atoms with van der Waals surface area (Å²) in [6, 6.07) is 35.4. The van der Waals surface area contributed by atoms with Gasteiger partial charge in [0.05, 0.1) is 22.6 Å². The Labute approximate surface area is 194 Å². The molecule has 0 aliphatic heterocycles. The lowest BCUT2D eigenvalue weighted by atomic mass is 10.1. The monoisotopic (exact) mass is 475 g/mol. The summed E-state index contributed by atoms with van der Waals surface area (Å²) in [7, 11) is 0. The molecule has 0 unspecified atom stereocenters. The fourth-order valence-corrected chi connectivity index (χ4v) is 4.60. The van der Waals surface area contributed by atoms with Crippen LogP contribution in [0.25, 0.3) is 50.1 Å². The summed E-state index contributed by atoms with van der Waals surface area (Å²) in [6.45, 7) is 0. The minimum absolute atomic E-state index is 0.935. The summed E-state index contributed by atoms with van der Waals surface area (Å²) >= 11 is 3.63. The third kappa shape index (κ3) is 3.20. The Hall–Kier alpha value is -3.76. The van der Waals surface area contributed by atoms with Gasteiger partial charge in [0.2, 0.25) is 0 Å². The smallest absolute Gasteiger partial charge is 0.145 e. The first-order chi connectivity index (χ1) is 15.8. The summed E-state index contributed by atoms with van der Waals surface area (Å²) in [5, 5.41) is 2.30. The predicted octanol–water partition coefficient (Wildman–Crippen LogP) is 7.67. The van der Waals surface area contributed by atoms with E-state index in [1.54, 1.807) is 0 Å². The number of aromatic nitrogens is 3. The molecule has 0 aliphatic rings. The molecular formula is C28H18BrN3. The Kier molecular flexibility index (Phi) is 4.58. The normalized spacial score (nSPS) is 11.3. The highest BCUT2D eigenvalue weighted by atomic mass is 79.9. The minimum atomic E-state index is 0.935. The molecule has 0 fully saturated rings.